The Kier molecular flexibility index (Phi) is 6.57. The van der Waals surface area contributed by atoms with E-state index in [1.165, 1.54) is 0 Å². The van der Waals surface area contributed by atoms with Crippen molar-refractivity contribution in [2.24, 2.45) is 0 Å². The molecule has 0 amide bonds. The molecule has 3 rings (SSSR count). The molecule has 1 aliphatic heterocycles. The third-order valence-corrected chi connectivity index (χ3v) is 4.54. The number of aromatic amines is 1. The zero-order valence-corrected chi connectivity index (χ0v) is 15.3. The van der Waals surface area contributed by atoms with Gasteiger partial charge in [0.25, 0.3) is 0 Å². The van der Waals surface area contributed by atoms with Crippen LogP contribution < -0.4 is 0 Å². The fourth-order valence-corrected chi connectivity index (χ4v) is 2.93. The summed E-state index contributed by atoms with van der Waals surface area (Å²) in [5.74, 6) is 0.885. The van der Waals surface area contributed by atoms with Gasteiger partial charge in [-0.3, -0.25) is 5.41 Å². The van der Waals surface area contributed by atoms with Crippen LogP contribution in [0.1, 0.15) is 12.2 Å². The second-order valence-electron chi connectivity index (χ2n) is 6.59. The Bertz CT molecular complexity index is 717. The summed E-state index contributed by atoms with van der Waals surface area (Å²) in [4.78, 5) is 12.4. The fourth-order valence-electron chi connectivity index (χ4n) is 2.93. The van der Waals surface area contributed by atoms with E-state index in [4.69, 9.17) is 10.1 Å². The van der Waals surface area contributed by atoms with Crippen molar-refractivity contribution in [1.29, 1.82) is 5.41 Å². The van der Waals surface area contributed by atoms with E-state index in [0.717, 1.165) is 56.2 Å². The van der Waals surface area contributed by atoms with Crippen molar-refractivity contribution < 1.29 is 4.74 Å². The predicted octanol–water partition coefficient (Wildman–Crippen LogP) is 2.72. The van der Waals surface area contributed by atoms with Gasteiger partial charge in [-0.2, -0.15) is 0 Å². The number of aromatic nitrogens is 2. The minimum atomic E-state index is 0.168. The van der Waals surface area contributed by atoms with Crippen LogP contribution in [-0.4, -0.2) is 72.0 Å². The number of benzene rings is 1. The van der Waals surface area contributed by atoms with Crippen LogP contribution in [0.2, 0.25) is 0 Å². The lowest BCUT2D eigenvalue weighted by molar-refractivity contribution is 0.144. The molecule has 2 aromatic rings. The van der Waals surface area contributed by atoms with E-state index < -0.39 is 0 Å². The lowest BCUT2D eigenvalue weighted by Gasteiger charge is -2.32. The van der Waals surface area contributed by atoms with Gasteiger partial charge in [-0.05, 0) is 25.1 Å². The van der Waals surface area contributed by atoms with Gasteiger partial charge in [0.15, 0.2) is 0 Å². The minimum absolute atomic E-state index is 0.168. The molecule has 1 aromatic carbocycles. The molecule has 1 aromatic heterocycles. The molecule has 2 heterocycles. The molecule has 0 atom stereocenters. The van der Waals surface area contributed by atoms with Crippen LogP contribution in [0.4, 0.5) is 0 Å². The van der Waals surface area contributed by atoms with Crippen molar-refractivity contribution in [2.75, 3.05) is 46.4 Å². The van der Waals surface area contributed by atoms with E-state index in [2.05, 4.69) is 26.8 Å². The summed E-state index contributed by atoms with van der Waals surface area (Å²) < 4.78 is 5.49. The predicted molar refractivity (Wildman–Crippen MR) is 105 cm³/mol. The van der Waals surface area contributed by atoms with Crippen LogP contribution in [-0.2, 0) is 4.74 Å². The molecule has 6 nitrogen and oxygen atoms in total. The van der Waals surface area contributed by atoms with Gasteiger partial charge >= 0.3 is 0 Å². The van der Waals surface area contributed by atoms with Crippen molar-refractivity contribution >= 4 is 12.0 Å². The number of nitrogens with zero attached hydrogens (tertiary/aromatic N) is 3. The monoisotopic (exact) mass is 353 g/mol. The third-order valence-electron chi connectivity index (χ3n) is 4.54. The van der Waals surface area contributed by atoms with Crippen LogP contribution in [0, 0.1) is 5.41 Å². The van der Waals surface area contributed by atoms with Crippen LogP contribution in [0.3, 0.4) is 0 Å². The Labute approximate surface area is 155 Å². The summed E-state index contributed by atoms with van der Waals surface area (Å²) in [6.07, 6.45) is 6.16. The maximum Gasteiger partial charge on any atom is 0.205 e. The first-order valence-electron chi connectivity index (χ1n) is 9.11. The standard InChI is InChI=1S/C20H27N5O/c1-24-11-13-25(14-12-24)10-5-15-26-19(21)8-9-20-22-16-18(23-20)17-6-3-2-4-7-17/h2-4,6-9,16,21H,5,10-15H2,1H3,(H,22,23)/b9-8-,21-19?. The maximum absolute atomic E-state index is 7.89. The van der Waals surface area contributed by atoms with Gasteiger partial charge in [0.05, 0.1) is 18.5 Å². The Morgan fingerprint density at radius 1 is 1.23 bits per heavy atom. The molecule has 0 unspecified atom stereocenters. The van der Waals surface area contributed by atoms with Crippen molar-refractivity contribution in [2.45, 2.75) is 6.42 Å². The number of nitrogens with one attached hydrogen (secondary N) is 2. The molecule has 138 valence electrons. The van der Waals surface area contributed by atoms with Gasteiger partial charge < -0.3 is 19.5 Å². The van der Waals surface area contributed by atoms with E-state index in [1.807, 2.05) is 30.3 Å². The maximum atomic E-state index is 7.89. The molecule has 6 heteroatoms. The SMILES string of the molecule is CN1CCN(CCCOC(=N)/C=C\c2ncc(-c3ccccc3)[nH]2)CC1. The highest BCUT2D eigenvalue weighted by Gasteiger charge is 2.12. The molecule has 26 heavy (non-hydrogen) atoms. The summed E-state index contributed by atoms with van der Waals surface area (Å²) in [5.41, 5.74) is 2.06. The molecule has 2 N–H and O–H groups in total. The van der Waals surface area contributed by atoms with Crippen molar-refractivity contribution in [3.63, 3.8) is 0 Å². The summed E-state index contributed by atoms with van der Waals surface area (Å²) in [6, 6.07) is 10.1. The summed E-state index contributed by atoms with van der Waals surface area (Å²) in [5, 5.41) is 7.89. The molecule has 1 saturated heterocycles. The van der Waals surface area contributed by atoms with E-state index in [-0.39, 0.29) is 5.90 Å². The largest absolute Gasteiger partial charge is 0.478 e. The highest BCUT2D eigenvalue weighted by molar-refractivity contribution is 5.88. The van der Waals surface area contributed by atoms with E-state index in [9.17, 15) is 0 Å². The van der Waals surface area contributed by atoms with Gasteiger partial charge in [-0.1, -0.05) is 30.3 Å². The second-order valence-corrected chi connectivity index (χ2v) is 6.59. The van der Waals surface area contributed by atoms with E-state index >= 15 is 0 Å². The van der Waals surface area contributed by atoms with Gasteiger partial charge in [-0.15, -0.1) is 0 Å². The van der Waals surface area contributed by atoms with Gasteiger partial charge in [0.1, 0.15) is 5.82 Å². The van der Waals surface area contributed by atoms with E-state index in [0.29, 0.717) is 6.61 Å². The summed E-state index contributed by atoms with van der Waals surface area (Å²) in [6.45, 7) is 6.11. The molecular weight excluding hydrogens is 326 g/mol. The van der Waals surface area contributed by atoms with Crippen molar-refractivity contribution in [3.8, 4) is 11.3 Å². The third kappa shape index (κ3) is 5.54. The summed E-state index contributed by atoms with van der Waals surface area (Å²) >= 11 is 0. The number of H-pyrrole nitrogens is 1. The highest BCUT2D eigenvalue weighted by Crippen LogP contribution is 2.16. The molecule has 1 aliphatic rings. The second kappa shape index (κ2) is 9.31. The van der Waals surface area contributed by atoms with Crippen LogP contribution in [0.5, 0.6) is 0 Å². The minimum Gasteiger partial charge on any atom is -0.478 e. The molecule has 0 bridgehead atoms. The number of hydrogen-bond donors (Lipinski definition) is 2. The number of hydrogen-bond acceptors (Lipinski definition) is 5. The number of piperazine rings is 1. The average molecular weight is 353 g/mol. The highest BCUT2D eigenvalue weighted by atomic mass is 16.5. The Balaban J connectivity index is 1.37. The first-order valence-corrected chi connectivity index (χ1v) is 9.11. The normalized spacial score (nSPS) is 16.2. The Morgan fingerprint density at radius 3 is 2.77 bits per heavy atom. The van der Waals surface area contributed by atoms with Gasteiger partial charge in [-0.25, -0.2) is 4.98 Å². The fraction of sp³-hybridized carbons (Fsp3) is 0.400. The number of ether oxygens (including phenoxy) is 1. The summed E-state index contributed by atoms with van der Waals surface area (Å²) in [7, 11) is 2.16. The zero-order valence-electron chi connectivity index (χ0n) is 15.3. The number of likely N-dealkylation sites (N-methyl/N-ethyl adjacent to an activating group) is 1. The lowest BCUT2D eigenvalue weighted by atomic mass is 10.2. The zero-order chi connectivity index (χ0) is 18.2. The molecule has 0 saturated carbocycles. The molecule has 0 spiro atoms. The molecule has 0 aliphatic carbocycles. The first kappa shape index (κ1) is 18.4. The van der Waals surface area contributed by atoms with Crippen LogP contribution >= 0.6 is 0 Å². The van der Waals surface area contributed by atoms with Gasteiger partial charge in [0.2, 0.25) is 5.90 Å². The molecule has 0 radical (unpaired) electrons. The lowest BCUT2D eigenvalue weighted by Crippen LogP contribution is -2.44. The molecule has 1 fully saturated rings. The smallest absolute Gasteiger partial charge is 0.205 e. The average Bonchev–Trinajstić information content (AvgIpc) is 3.15. The van der Waals surface area contributed by atoms with Crippen molar-refractivity contribution in [1.82, 2.24) is 19.8 Å². The number of imidazole rings is 1. The van der Waals surface area contributed by atoms with Gasteiger partial charge in [0, 0.05) is 38.8 Å². The Morgan fingerprint density at radius 2 is 2.00 bits per heavy atom. The van der Waals surface area contributed by atoms with Crippen LogP contribution in [0.25, 0.3) is 17.3 Å². The quantitative estimate of drug-likeness (QED) is 0.456. The van der Waals surface area contributed by atoms with Crippen LogP contribution in [0.15, 0.2) is 42.6 Å². The molecular formula is C20H27N5O. The topological polar surface area (TPSA) is 68.2 Å². The number of rotatable bonds is 7. The van der Waals surface area contributed by atoms with Crippen molar-refractivity contribution in [3.05, 3.63) is 48.4 Å². The first-order chi connectivity index (χ1) is 12.7. The Hall–Kier alpha value is -2.44. The van der Waals surface area contributed by atoms with E-state index in [1.54, 1.807) is 18.3 Å².